The maximum absolute atomic E-state index is 12.1. The van der Waals surface area contributed by atoms with Crippen molar-refractivity contribution in [1.29, 1.82) is 0 Å². The lowest BCUT2D eigenvalue weighted by molar-refractivity contribution is 0.286. The van der Waals surface area contributed by atoms with Gasteiger partial charge >= 0.3 is 0 Å². The Bertz CT molecular complexity index is 786. The van der Waals surface area contributed by atoms with Gasteiger partial charge in [0.05, 0.1) is 17.7 Å². The van der Waals surface area contributed by atoms with Gasteiger partial charge < -0.3 is 9.47 Å². The van der Waals surface area contributed by atoms with Gasteiger partial charge in [-0.1, -0.05) is 6.07 Å². The fourth-order valence-corrected chi connectivity index (χ4v) is 4.22. The second-order valence-corrected chi connectivity index (χ2v) is 8.00. The lowest BCUT2D eigenvalue weighted by Crippen LogP contribution is -2.01. The molecule has 0 saturated heterocycles. The van der Waals surface area contributed by atoms with Gasteiger partial charge in [0.15, 0.2) is 11.5 Å². The van der Waals surface area contributed by atoms with Crippen LogP contribution < -0.4 is 9.47 Å². The van der Waals surface area contributed by atoms with Crippen molar-refractivity contribution in [2.24, 2.45) is 4.40 Å². The van der Waals surface area contributed by atoms with Gasteiger partial charge in [0.1, 0.15) is 4.21 Å². The van der Waals surface area contributed by atoms with Crippen molar-refractivity contribution in [3.63, 3.8) is 0 Å². The molecule has 2 aromatic rings. The Labute approximate surface area is 148 Å². The summed E-state index contributed by atoms with van der Waals surface area (Å²) in [5.41, 5.74) is 0.601. The van der Waals surface area contributed by atoms with Gasteiger partial charge in [-0.3, -0.25) is 0 Å². The van der Waals surface area contributed by atoms with Crippen LogP contribution in [0.2, 0.25) is 0 Å². The maximum Gasteiger partial charge on any atom is 0.291 e. The Hall–Kier alpha value is -1.38. The molecule has 1 aromatic carbocycles. The Kier molecular flexibility index (Phi) is 6.20. The van der Waals surface area contributed by atoms with Crippen molar-refractivity contribution >= 4 is 43.5 Å². The van der Waals surface area contributed by atoms with Crippen molar-refractivity contribution in [1.82, 2.24) is 0 Å². The first kappa shape index (κ1) is 18.0. The van der Waals surface area contributed by atoms with Crippen LogP contribution >= 0.6 is 27.3 Å². The zero-order valence-electron chi connectivity index (χ0n) is 12.7. The molecule has 0 radical (unpaired) electrons. The van der Waals surface area contributed by atoms with Crippen LogP contribution in [0.25, 0.3) is 0 Å². The predicted molar refractivity (Wildman–Crippen MR) is 95.6 cm³/mol. The second kappa shape index (κ2) is 7.94. The molecule has 5 nitrogen and oxygen atoms in total. The van der Waals surface area contributed by atoms with Gasteiger partial charge in [-0.15, -0.1) is 11.3 Å². The third-order valence-corrected chi connectivity index (χ3v) is 5.91. The molecule has 0 unspecified atom stereocenters. The average molecular weight is 418 g/mol. The molecule has 0 spiro atoms. The van der Waals surface area contributed by atoms with Crippen molar-refractivity contribution < 1.29 is 17.9 Å². The van der Waals surface area contributed by atoms with E-state index < -0.39 is 10.0 Å². The zero-order valence-corrected chi connectivity index (χ0v) is 15.9. The molecule has 0 saturated carbocycles. The quantitative estimate of drug-likeness (QED) is 0.635. The topological polar surface area (TPSA) is 65.0 Å². The Morgan fingerprint density at radius 3 is 2.61 bits per heavy atom. The third kappa shape index (κ3) is 4.55. The Morgan fingerprint density at radius 1 is 1.26 bits per heavy atom. The minimum absolute atomic E-state index is 0.212. The number of rotatable bonds is 7. The standard InChI is InChI=1S/C15H16BrNO4S2/c1-3-20-13-9-11(8-12(16)15(13)21-4-2)10-17-23(18,19)14-6-5-7-22-14/h5-10H,3-4H2,1-2H3/b17-10-. The van der Waals surface area contributed by atoms with E-state index in [1.165, 1.54) is 12.3 Å². The van der Waals surface area contributed by atoms with E-state index in [4.69, 9.17) is 9.47 Å². The van der Waals surface area contributed by atoms with Gasteiger partial charge in [-0.2, -0.15) is 12.8 Å². The first-order valence-electron chi connectivity index (χ1n) is 6.91. The maximum atomic E-state index is 12.1. The van der Waals surface area contributed by atoms with Crippen molar-refractivity contribution in [2.75, 3.05) is 13.2 Å². The van der Waals surface area contributed by atoms with E-state index in [0.717, 1.165) is 11.3 Å². The summed E-state index contributed by atoms with van der Waals surface area (Å²) in [4.78, 5) is 0. The summed E-state index contributed by atoms with van der Waals surface area (Å²) in [6.45, 7) is 4.72. The van der Waals surface area contributed by atoms with E-state index in [0.29, 0.717) is 34.7 Å². The van der Waals surface area contributed by atoms with E-state index in [1.54, 1.807) is 23.6 Å². The Morgan fingerprint density at radius 2 is 2.00 bits per heavy atom. The highest BCUT2D eigenvalue weighted by Crippen LogP contribution is 2.36. The summed E-state index contributed by atoms with van der Waals surface area (Å²) < 4.78 is 39.9. The minimum Gasteiger partial charge on any atom is -0.490 e. The molecule has 0 N–H and O–H groups in total. The van der Waals surface area contributed by atoms with Crippen LogP contribution in [0.3, 0.4) is 0 Å². The normalized spacial score (nSPS) is 11.8. The van der Waals surface area contributed by atoms with E-state index in [-0.39, 0.29) is 4.21 Å². The third-order valence-electron chi connectivity index (χ3n) is 2.71. The molecule has 8 heteroatoms. The summed E-state index contributed by atoms with van der Waals surface area (Å²) in [7, 11) is -3.67. The van der Waals surface area contributed by atoms with E-state index in [9.17, 15) is 8.42 Å². The lowest BCUT2D eigenvalue weighted by Gasteiger charge is -2.13. The molecule has 1 aromatic heterocycles. The molecule has 0 atom stereocenters. The average Bonchev–Trinajstić information content (AvgIpc) is 3.04. The Balaban J connectivity index is 2.35. The molecule has 2 rings (SSSR count). The van der Waals surface area contributed by atoms with Gasteiger partial charge in [0.2, 0.25) is 0 Å². The first-order valence-corrected chi connectivity index (χ1v) is 10.0. The number of benzene rings is 1. The van der Waals surface area contributed by atoms with Crippen LogP contribution in [0, 0.1) is 0 Å². The molecule has 124 valence electrons. The van der Waals surface area contributed by atoms with Gasteiger partial charge in [-0.25, -0.2) is 0 Å². The molecule has 1 heterocycles. The summed E-state index contributed by atoms with van der Waals surface area (Å²) in [5.74, 6) is 1.13. The van der Waals surface area contributed by atoms with Crippen LogP contribution in [0.5, 0.6) is 11.5 Å². The highest BCUT2D eigenvalue weighted by molar-refractivity contribution is 9.10. The summed E-state index contributed by atoms with van der Waals surface area (Å²) in [6, 6.07) is 6.64. The smallest absolute Gasteiger partial charge is 0.291 e. The molecule has 0 aliphatic rings. The van der Waals surface area contributed by atoms with Gasteiger partial charge in [0, 0.05) is 6.21 Å². The SMILES string of the molecule is CCOc1cc(/C=N\S(=O)(=O)c2cccs2)cc(Br)c1OCC. The summed E-state index contributed by atoms with van der Waals surface area (Å²) >= 11 is 4.55. The van der Waals surface area contributed by atoms with Crippen LogP contribution in [0.15, 0.2) is 42.7 Å². The number of halogens is 1. The largest absolute Gasteiger partial charge is 0.490 e. The zero-order chi connectivity index (χ0) is 16.9. The van der Waals surface area contributed by atoms with Crippen molar-refractivity contribution in [3.8, 4) is 11.5 Å². The first-order chi connectivity index (χ1) is 11.0. The second-order valence-electron chi connectivity index (χ2n) is 4.34. The van der Waals surface area contributed by atoms with Crippen LogP contribution in [0.4, 0.5) is 0 Å². The number of hydrogen-bond acceptors (Lipinski definition) is 5. The number of thiophene rings is 1. The summed E-state index contributed by atoms with van der Waals surface area (Å²) in [5, 5.41) is 1.70. The highest BCUT2D eigenvalue weighted by atomic mass is 79.9. The number of sulfonamides is 1. The monoisotopic (exact) mass is 417 g/mol. The predicted octanol–water partition coefficient (Wildman–Crippen LogP) is 4.12. The molecule has 0 aliphatic heterocycles. The van der Waals surface area contributed by atoms with E-state index >= 15 is 0 Å². The van der Waals surface area contributed by atoms with E-state index in [1.807, 2.05) is 13.8 Å². The summed E-state index contributed by atoms with van der Waals surface area (Å²) in [6.07, 6.45) is 1.30. The fourth-order valence-electron chi connectivity index (χ4n) is 1.80. The molecule has 0 aliphatic carbocycles. The number of hydrogen-bond donors (Lipinski definition) is 0. The minimum atomic E-state index is -3.67. The van der Waals surface area contributed by atoms with Crippen LogP contribution in [-0.4, -0.2) is 27.8 Å². The van der Waals surface area contributed by atoms with Gasteiger partial charge in [0.25, 0.3) is 10.0 Å². The van der Waals surface area contributed by atoms with Crippen molar-refractivity contribution in [2.45, 2.75) is 18.1 Å². The van der Waals surface area contributed by atoms with Crippen LogP contribution in [-0.2, 0) is 10.0 Å². The van der Waals surface area contributed by atoms with E-state index in [2.05, 4.69) is 20.3 Å². The number of nitrogens with zero attached hydrogens (tertiary/aromatic N) is 1. The molecular formula is C15H16BrNO4S2. The van der Waals surface area contributed by atoms with Crippen LogP contribution in [0.1, 0.15) is 19.4 Å². The molecule has 0 bridgehead atoms. The molecular weight excluding hydrogens is 402 g/mol. The lowest BCUT2D eigenvalue weighted by atomic mass is 10.2. The molecule has 23 heavy (non-hydrogen) atoms. The molecule has 0 fully saturated rings. The molecule has 0 amide bonds. The van der Waals surface area contributed by atoms with Gasteiger partial charge in [-0.05, 0) is 58.9 Å². The van der Waals surface area contributed by atoms with Crippen molar-refractivity contribution in [3.05, 3.63) is 39.7 Å². The fraction of sp³-hybridized carbons (Fsp3) is 0.267. The number of ether oxygens (including phenoxy) is 2. The highest BCUT2D eigenvalue weighted by Gasteiger charge is 2.14.